The summed E-state index contributed by atoms with van der Waals surface area (Å²) in [6, 6.07) is 16.2. The second-order valence-electron chi connectivity index (χ2n) is 5.38. The van der Waals surface area contributed by atoms with Gasteiger partial charge < -0.3 is 10.5 Å². The van der Waals surface area contributed by atoms with E-state index in [0.717, 1.165) is 29.9 Å². The van der Waals surface area contributed by atoms with Crippen molar-refractivity contribution >= 4 is 0 Å². The van der Waals surface area contributed by atoms with Gasteiger partial charge in [-0.05, 0) is 60.8 Å². The summed E-state index contributed by atoms with van der Waals surface area (Å²) in [5.41, 5.74) is 8.94. The Morgan fingerprint density at radius 1 is 0.920 bits per heavy atom. The minimum atomic E-state index is 0. The molecule has 2 aromatic carbocycles. The maximum absolute atomic E-state index is 5.68. The molecule has 0 radical (unpaired) electrons. The predicted octanol–water partition coefficient (Wildman–Crippen LogP) is 5.60. The fourth-order valence-corrected chi connectivity index (χ4v) is 2.03. The van der Waals surface area contributed by atoms with Gasteiger partial charge in [0.05, 0.1) is 6.61 Å². The number of nitrogens with two attached hydrogens (primary N) is 1. The van der Waals surface area contributed by atoms with Crippen LogP contribution in [0.4, 0.5) is 0 Å². The van der Waals surface area contributed by atoms with Crippen LogP contribution >= 0.6 is 0 Å². The van der Waals surface area contributed by atoms with E-state index in [4.69, 9.17) is 10.5 Å². The van der Waals surface area contributed by atoms with Crippen molar-refractivity contribution in [1.29, 1.82) is 0 Å². The molecule has 0 aliphatic rings. The average Bonchev–Trinajstić information content (AvgIpc) is 2.67. The van der Waals surface area contributed by atoms with Crippen LogP contribution in [-0.2, 0) is 0 Å². The lowest BCUT2D eigenvalue weighted by atomic mass is 10.0. The zero-order valence-electron chi connectivity index (χ0n) is 15.3. The molecule has 0 bridgehead atoms. The first-order valence-corrected chi connectivity index (χ1v) is 8.78. The second kappa shape index (κ2) is 13.1. The topological polar surface area (TPSA) is 35.2 Å². The molecular formula is C23H33NO. The molecule has 0 aliphatic carbocycles. The fraction of sp³-hybridized carbons (Fsp3) is 0.391. The molecule has 0 saturated carbocycles. The molecule has 136 valence electrons. The SMILES string of the molecule is C.CC.CCCOc1ccc(C#Cc2ccc(C(C)CN)cc2)cc1. The molecule has 1 atom stereocenters. The highest BCUT2D eigenvalue weighted by molar-refractivity contribution is 5.45. The van der Waals surface area contributed by atoms with E-state index in [2.05, 4.69) is 37.8 Å². The first-order valence-electron chi connectivity index (χ1n) is 8.78. The average molecular weight is 340 g/mol. The highest BCUT2D eigenvalue weighted by Crippen LogP contribution is 2.14. The van der Waals surface area contributed by atoms with Gasteiger partial charge in [-0.15, -0.1) is 0 Å². The Kier molecular flexibility index (Phi) is 11.9. The van der Waals surface area contributed by atoms with Crippen LogP contribution in [0, 0.1) is 11.8 Å². The monoisotopic (exact) mass is 339 g/mol. The third-order valence-corrected chi connectivity index (χ3v) is 3.51. The molecule has 2 rings (SSSR count). The summed E-state index contributed by atoms with van der Waals surface area (Å²) in [7, 11) is 0. The van der Waals surface area contributed by atoms with Crippen molar-refractivity contribution in [3.63, 3.8) is 0 Å². The van der Waals surface area contributed by atoms with Crippen LogP contribution in [0.15, 0.2) is 48.5 Å². The van der Waals surface area contributed by atoms with Crippen LogP contribution in [0.3, 0.4) is 0 Å². The molecular weight excluding hydrogens is 306 g/mol. The first kappa shape index (κ1) is 22.8. The summed E-state index contributed by atoms with van der Waals surface area (Å²) >= 11 is 0. The van der Waals surface area contributed by atoms with Crippen LogP contribution in [0.25, 0.3) is 0 Å². The highest BCUT2D eigenvalue weighted by atomic mass is 16.5. The molecule has 2 nitrogen and oxygen atoms in total. The van der Waals surface area contributed by atoms with Crippen LogP contribution in [-0.4, -0.2) is 13.2 Å². The van der Waals surface area contributed by atoms with Crippen LogP contribution in [0.5, 0.6) is 5.75 Å². The van der Waals surface area contributed by atoms with Gasteiger partial charge in [0.2, 0.25) is 0 Å². The number of hydrogen-bond donors (Lipinski definition) is 1. The van der Waals surface area contributed by atoms with Crippen LogP contribution in [0.1, 0.15) is 64.2 Å². The molecule has 0 amide bonds. The Bertz CT molecular complexity index is 633. The molecule has 0 heterocycles. The lowest BCUT2D eigenvalue weighted by Crippen LogP contribution is -2.08. The number of hydrogen-bond acceptors (Lipinski definition) is 2. The van der Waals surface area contributed by atoms with Crippen LogP contribution < -0.4 is 10.5 Å². The van der Waals surface area contributed by atoms with E-state index < -0.39 is 0 Å². The molecule has 2 aromatic rings. The third-order valence-electron chi connectivity index (χ3n) is 3.51. The fourth-order valence-electron chi connectivity index (χ4n) is 2.03. The van der Waals surface area contributed by atoms with Crippen molar-refractivity contribution < 1.29 is 4.74 Å². The quantitative estimate of drug-likeness (QED) is 0.720. The van der Waals surface area contributed by atoms with Crippen molar-refractivity contribution in [1.82, 2.24) is 0 Å². The summed E-state index contributed by atoms with van der Waals surface area (Å²) in [6.07, 6.45) is 1.01. The van der Waals surface area contributed by atoms with Gasteiger partial charge in [-0.2, -0.15) is 0 Å². The highest BCUT2D eigenvalue weighted by Gasteiger charge is 2.01. The van der Waals surface area contributed by atoms with Gasteiger partial charge >= 0.3 is 0 Å². The maximum Gasteiger partial charge on any atom is 0.119 e. The van der Waals surface area contributed by atoms with E-state index in [1.807, 2.05) is 50.2 Å². The predicted molar refractivity (Wildman–Crippen MR) is 110 cm³/mol. The molecule has 1 unspecified atom stereocenters. The molecule has 0 aliphatic heterocycles. The van der Waals surface area contributed by atoms with Gasteiger partial charge in [-0.3, -0.25) is 0 Å². The number of rotatable bonds is 5. The largest absolute Gasteiger partial charge is 0.494 e. The minimum Gasteiger partial charge on any atom is -0.494 e. The molecule has 2 heteroatoms. The number of ether oxygens (including phenoxy) is 1. The third kappa shape index (κ3) is 7.92. The van der Waals surface area contributed by atoms with Gasteiger partial charge in [-0.1, -0.05) is 59.1 Å². The summed E-state index contributed by atoms with van der Waals surface area (Å²) in [5.74, 6) is 7.64. The van der Waals surface area contributed by atoms with Gasteiger partial charge in [0.25, 0.3) is 0 Å². The molecule has 0 fully saturated rings. The Morgan fingerprint density at radius 3 is 1.84 bits per heavy atom. The van der Waals surface area contributed by atoms with Gasteiger partial charge in [0.15, 0.2) is 0 Å². The van der Waals surface area contributed by atoms with E-state index in [1.165, 1.54) is 5.56 Å². The zero-order chi connectivity index (χ0) is 17.8. The van der Waals surface area contributed by atoms with Crippen molar-refractivity contribution in [3.05, 3.63) is 65.2 Å². The Morgan fingerprint density at radius 2 is 1.40 bits per heavy atom. The second-order valence-corrected chi connectivity index (χ2v) is 5.38. The van der Waals surface area contributed by atoms with Crippen molar-refractivity contribution in [2.75, 3.05) is 13.2 Å². The summed E-state index contributed by atoms with van der Waals surface area (Å²) in [5, 5.41) is 0. The first-order chi connectivity index (χ1) is 11.7. The molecule has 0 saturated heterocycles. The van der Waals surface area contributed by atoms with Gasteiger partial charge in [0.1, 0.15) is 5.75 Å². The van der Waals surface area contributed by atoms with Gasteiger partial charge in [0, 0.05) is 11.1 Å². The van der Waals surface area contributed by atoms with E-state index in [9.17, 15) is 0 Å². The Labute approximate surface area is 154 Å². The van der Waals surface area contributed by atoms with E-state index >= 15 is 0 Å². The lowest BCUT2D eigenvalue weighted by Gasteiger charge is -2.07. The van der Waals surface area contributed by atoms with E-state index in [0.29, 0.717) is 12.5 Å². The van der Waals surface area contributed by atoms with Crippen molar-refractivity contribution in [3.8, 4) is 17.6 Å². The number of benzene rings is 2. The van der Waals surface area contributed by atoms with Gasteiger partial charge in [-0.25, -0.2) is 0 Å². The lowest BCUT2D eigenvalue weighted by molar-refractivity contribution is 0.317. The van der Waals surface area contributed by atoms with E-state index in [-0.39, 0.29) is 7.43 Å². The molecule has 0 aromatic heterocycles. The smallest absolute Gasteiger partial charge is 0.119 e. The normalized spacial score (nSPS) is 10.3. The summed E-state index contributed by atoms with van der Waals surface area (Å²) in [4.78, 5) is 0. The Balaban J connectivity index is 0.00000185. The molecule has 25 heavy (non-hydrogen) atoms. The summed E-state index contributed by atoms with van der Waals surface area (Å²) in [6.45, 7) is 9.64. The van der Waals surface area contributed by atoms with E-state index in [1.54, 1.807) is 0 Å². The van der Waals surface area contributed by atoms with Crippen molar-refractivity contribution in [2.24, 2.45) is 5.73 Å². The van der Waals surface area contributed by atoms with Crippen molar-refractivity contribution in [2.45, 2.75) is 47.5 Å². The minimum absolute atomic E-state index is 0. The molecule has 0 spiro atoms. The zero-order valence-corrected chi connectivity index (χ0v) is 15.3. The van der Waals surface area contributed by atoms with Crippen LogP contribution in [0.2, 0.25) is 0 Å². The summed E-state index contributed by atoms with van der Waals surface area (Å²) < 4.78 is 5.56. The maximum atomic E-state index is 5.68. The standard InChI is InChI=1S/C20H23NO.C2H6.CH4/c1-3-14-22-20-12-8-18(9-13-20)5-4-17-6-10-19(11-7-17)16(2)15-21;1-2;/h6-13,16H,3,14-15,21H2,1-2H3;1-2H3;1H4. The molecule has 2 N–H and O–H groups in total. The Hall–Kier alpha value is -2.24.